The molecule has 0 spiro atoms. The molecular weight excluding hydrogens is 288 g/mol. The van der Waals surface area contributed by atoms with Gasteiger partial charge in [0, 0.05) is 11.1 Å². The van der Waals surface area contributed by atoms with Gasteiger partial charge in [-0.15, -0.1) is 0 Å². The highest BCUT2D eigenvalue weighted by Gasteiger charge is 2.37. The average Bonchev–Trinajstić information content (AvgIpc) is 2.97. The van der Waals surface area contributed by atoms with Crippen LogP contribution in [-0.4, -0.2) is 17.7 Å². The van der Waals surface area contributed by atoms with E-state index in [1.54, 1.807) is 0 Å². The Morgan fingerprint density at radius 2 is 2.00 bits per heavy atom. The van der Waals surface area contributed by atoms with Crippen molar-refractivity contribution in [3.05, 3.63) is 34.4 Å². The third-order valence-electron chi connectivity index (χ3n) is 4.72. The highest BCUT2D eigenvalue weighted by atomic mass is 16.5. The Kier molecular flexibility index (Phi) is 3.91. The molecule has 0 atom stereocenters. The number of carbonyl (C=O) groups is 2. The number of hydrogen-bond acceptors (Lipinski definition) is 3. The molecular formula is C20H24O3. The van der Waals surface area contributed by atoms with Crippen molar-refractivity contribution in [2.24, 2.45) is 0 Å². The first kappa shape index (κ1) is 16.0. The number of fused-ring (bicyclic) bond motifs is 1. The first-order valence-corrected chi connectivity index (χ1v) is 8.42. The molecule has 23 heavy (non-hydrogen) atoms. The van der Waals surface area contributed by atoms with Gasteiger partial charge in [0.25, 0.3) is 0 Å². The van der Waals surface area contributed by atoms with E-state index in [4.69, 9.17) is 4.74 Å². The number of aldehydes is 1. The predicted molar refractivity (Wildman–Crippen MR) is 91.4 cm³/mol. The largest absolute Gasteiger partial charge is 0.487 e. The summed E-state index contributed by atoms with van der Waals surface area (Å²) in [6.45, 7) is 8.00. The second-order valence-corrected chi connectivity index (χ2v) is 7.48. The van der Waals surface area contributed by atoms with Crippen molar-refractivity contribution in [2.45, 2.75) is 64.9 Å². The van der Waals surface area contributed by atoms with E-state index in [1.807, 2.05) is 19.9 Å². The Morgan fingerprint density at radius 3 is 2.57 bits per heavy atom. The molecule has 1 aromatic rings. The number of carbonyl (C=O) groups excluding carboxylic acids is 2. The zero-order chi connectivity index (χ0) is 16.8. The fraction of sp³-hybridized carbons (Fsp3) is 0.500. The quantitative estimate of drug-likeness (QED) is 0.743. The van der Waals surface area contributed by atoms with Gasteiger partial charge in [0.05, 0.1) is 12.0 Å². The van der Waals surface area contributed by atoms with Crippen LogP contribution in [0.5, 0.6) is 5.75 Å². The third-order valence-corrected chi connectivity index (χ3v) is 4.72. The van der Waals surface area contributed by atoms with Crippen molar-refractivity contribution in [2.75, 3.05) is 0 Å². The highest BCUT2D eigenvalue weighted by Crippen LogP contribution is 2.44. The van der Waals surface area contributed by atoms with Crippen LogP contribution in [0.25, 0.3) is 5.57 Å². The minimum Gasteiger partial charge on any atom is -0.487 e. The van der Waals surface area contributed by atoms with Gasteiger partial charge in [0.2, 0.25) is 0 Å². The maximum absolute atomic E-state index is 12.8. The minimum absolute atomic E-state index is 0.0810. The summed E-state index contributed by atoms with van der Waals surface area (Å²) in [4.78, 5) is 24.7. The zero-order valence-electron chi connectivity index (χ0n) is 14.4. The van der Waals surface area contributed by atoms with Gasteiger partial charge in [-0.1, -0.05) is 19.9 Å². The molecule has 3 rings (SSSR count). The van der Waals surface area contributed by atoms with E-state index in [1.165, 1.54) is 0 Å². The molecule has 3 heteroatoms. The zero-order valence-corrected chi connectivity index (χ0v) is 14.4. The molecule has 1 aliphatic carbocycles. The first-order valence-electron chi connectivity index (χ1n) is 8.42. The van der Waals surface area contributed by atoms with Crippen molar-refractivity contribution in [3.8, 4) is 5.75 Å². The fourth-order valence-corrected chi connectivity index (χ4v) is 3.70. The van der Waals surface area contributed by atoms with E-state index in [-0.39, 0.29) is 11.7 Å². The monoisotopic (exact) mass is 312 g/mol. The molecule has 2 aliphatic rings. The molecule has 1 heterocycles. The van der Waals surface area contributed by atoms with Crippen LogP contribution in [0.2, 0.25) is 0 Å². The first-order chi connectivity index (χ1) is 10.8. The number of hydrogen-bond donors (Lipinski definition) is 0. The summed E-state index contributed by atoms with van der Waals surface area (Å²) in [7, 11) is 0. The Labute approximate surface area is 137 Å². The van der Waals surface area contributed by atoms with Crippen LogP contribution in [-0.2, 0) is 0 Å². The van der Waals surface area contributed by atoms with Gasteiger partial charge >= 0.3 is 0 Å². The van der Waals surface area contributed by atoms with E-state index in [0.717, 1.165) is 42.2 Å². The number of ketones is 1. The molecule has 1 aromatic carbocycles. The van der Waals surface area contributed by atoms with Gasteiger partial charge in [-0.05, 0) is 56.2 Å². The van der Waals surface area contributed by atoms with Crippen LogP contribution in [0.15, 0.2) is 12.1 Å². The predicted octanol–water partition coefficient (Wildman–Crippen LogP) is 4.93. The molecule has 3 nitrogen and oxygen atoms in total. The molecule has 122 valence electrons. The van der Waals surface area contributed by atoms with Crippen LogP contribution in [0.4, 0.5) is 0 Å². The van der Waals surface area contributed by atoms with Crippen LogP contribution >= 0.6 is 0 Å². The molecule has 0 bridgehead atoms. The van der Waals surface area contributed by atoms with Crippen LogP contribution < -0.4 is 4.74 Å². The average molecular weight is 312 g/mol. The molecule has 0 saturated heterocycles. The van der Waals surface area contributed by atoms with Crippen molar-refractivity contribution in [1.29, 1.82) is 0 Å². The molecule has 0 amide bonds. The number of Topliss-reactive ketones (excluding diaryl/α,β-unsaturated/α-hetero) is 1. The van der Waals surface area contributed by atoms with Crippen molar-refractivity contribution >= 4 is 17.6 Å². The summed E-state index contributed by atoms with van der Waals surface area (Å²) in [6, 6.07) is 1.90. The standard InChI is InChI=1S/C20H24O3/c1-12(2)14-9-17-19(16(22)10-20(3,4)23-17)18(15(14)11-21)13-7-5-6-8-13/h7,9,11-12H,5-6,8,10H2,1-4H3. The fourth-order valence-electron chi connectivity index (χ4n) is 3.70. The lowest BCUT2D eigenvalue weighted by Gasteiger charge is -2.34. The maximum atomic E-state index is 12.8. The van der Waals surface area contributed by atoms with Crippen molar-refractivity contribution < 1.29 is 14.3 Å². The van der Waals surface area contributed by atoms with Gasteiger partial charge < -0.3 is 4.74 Å². The van der Waals surface area contributed by atoms with E-state index in [9.17, 15) is 9.59 Å². The number of allylic oxidation sites excluding steroid dienone is 2. The Bertz CT molecular complexity index is 708. The lowest BCUT2D eigenvalue weighted by atomic mass is 9.81. The summed E-state index contributed by atoms with van der Waals surface area (Å²) in [5, 5.41) is 0. The third kappa shape index (κ3) is 2.73. The van der Waals surface area contributed by atoms with Crippen LogP contribution in [0.1, 0.15) is 91.1 Å². The van der Waals surface area contributed by atoms with Gasteiger partial charge in [-0.3, -0.25) is 9.59 Å². The van der Waals surface area contributed by atoms with Crippen LogP contribution in [0, 0.1) is 0 Å². The molecule has 0 N–H and O–H groups in total. The molecule has 0 aromatic heterocycles. The van der Waals surface area contributed by atoms with Crippen molar-refractivity contribution in [1.82, 2.24) is 0 Å². The van der Waals surface area contributed by atoms with E-state index in [2.05, 4.69) is 19.9 Å². The molecule has 0 saturated carbocycles. The summed E-state index contributed by atoms with van der Waals surface area (Å²) in [5.74, 6) is 0.922. The van der Waals surface area contributed by atoms with Gasteiger partial charge in [0.15, 0.2) is 12.1 Å². The lowest BCUT2D eigenvalue weighted by Crippen LogP contribution is -2.36. The maximum Gasteiger partial charge on any atom is 0.171 e. The molecule has 0 radical (unpaired) electrons. The van der Waals surface area contributed by atoms with E-state index < -0.39 is 5.60 Å². The summed E-state index contributed by atoms with van der Waals surface area (Å²) in [5.41, 5.74) is 3.71. The smallest absolute Gasteiger partial charge is 0.171 e. The van der Waals surface area contributed by atoms with Crippen LogP contribution in [0.3, 0.4) is 0 Å². The Morgan fingerprint density at radius 1 is 1.26 bits per heavy atom. The van der Waals surface area contributed by atoms with E-state index in [0.29, 0.717) is 23.3 Å². The SMILES string of the molecule is CC(C)c1cc2c(c(C3=CCCC3)c1C=O)C(=O)CC(C)(C)O2. The summed E-state index contributed by atoms with van der Waals surface area (Å²) >= 11 is 0. The highest BCUT2D eigenvalue weighted by molar-refractivity contribution is 6.08. The number of benzene rings is 1. The molecule has 0 fully saturated rings. The minimum atomic E-state index is -0.498. The van der Waals surface area contributed by atoms with Gasteiger partial charge in [0.1, 0.15) is 11.4 Å². The van der Waals surface area contributed by atoms with Gasteiger partial charge in [-0.25, -0.2) is 0 Å². The molecule has 0 unspecified atom stereocenters. The van der Waals surface area contributed by atoms with Gasteiger partial charge in [-0.2, -0.15) is 0 Å². The summed E-state index contributed by atoms with van der Waals surface area (Å²) < 4.78 is 6.12. The number of ether oxygens (including phenoxy) is 1. The topological polar surface area (TPSA) is 43.4 Å². The molecule has 1 aliphatic heterocycles. The second kappa shape index (κ2) is 5.63. The second-order valence-electron chi connectivity index (χ2n) is 7.48. The van der Waals surface area contributed by atoms with Crippen molar-refractivity contribution in [3.63, 3.8) is 0 Å². The Hall–Kier alpha value is -1.90. The Balaban J connectivity index is 2.33. The normalized spacial score (nSPS) is 19.3. The number of rotatable bonds is 3. The van der Waals surface area contributed by atoms with E-state index >= 15 is 0 Å². The lowest BCUT2D eigenvalue weighted by molar-refractivity contribution is 0.0618. The summed E-state index contributed by atoms with van der Waals surface area (Å²) in [6.07, 6.45) is 6.44.